The normalized spacial score (nSPS) is 18.4. The van der Waals surface area contributed by atoms with Crippen LogP contribution in [0.4, 0.5) is 40.3 Å². The Morgan fingerprint density at radius 2 is 1.57 bits per heavy atom. The van der Waals surface area contributed by atoms with Crippen LogP contribution >= 0.6 is 0 Å². The first kappa shape index (κ1) is 47.6. The highest BCUT2D eigenvalue weighted by atomic mass is 28.4. The predicted octanol–water partition coefficient (Wildman–Crippen LogP) is 11.3. The quantitative estimate of drug-likeness (QED) is 0.0678. The summed E-state index contributed by atoms with van der Waals surface area (Å²) in [5.41, 5.74) is -3.12. The summed E-state index contributed by atoms with van der Waals surface area (Å²) < 4.78 is 114. The number of amides is 3. The topological polar surface area (TPSA) is 97.4 Å². The third-order valence-corrected chi connectivity index (χ3v) is 15.8. The molecule has 0 aromatic heterocycles. The molecule has 1 saturated heterocycles. The van der Waals surface area contributed by atoms with Crippen molar-refractivity contribution in [2.75, 3.05) is 20.7 Å². The molecular weight excluding hydrogens is 816 g/mol. The van der Waals surface area contributed by atoms with Gasteiger partial charge in [-0.3, -0.25) is 0 Å². The van der Waals surface area contributed by atoms with Crippen molar-refractivity contribution in [3.8, 4) is 0 Å². The number of nitrogens with zero attached hydrogens (tertiary/aromatic N) is 2. The highest BCUT2D eigenvalue weighted by molar-refractivity contribution is 6.74. The molecule has 0 aliphatic carbocycles. The zero-order chi connectivity index (χ0) is 45.0. The van der Waals surface area contributed by atoms with Crippen molar-refractivity contribution in [1.29, 1.82) is 0 Å². The van der Waals surface area contributed by atoms with Crippen LogP contribution in [0.25, 0.3) is 0 Å². The molecule has 0 radical (unpaired) electrons. The van der Waals surface area contributed by atoms with Crippen molar-refractivity contribution in [2.24, 2.45) is 0 Å². The Labute approximate surface area is 347 Å². The van der Waals surface area contributed by atoms with Gasteiger partial charge in [-0.2, -0.15) is 26.3 Å². The van der Waals surface area contributed by atoms with Crippen molar-refractivity contribution < 1.29 is 59.0 Å². The first-order chi connectivity index (χ1) is 27.7. The van der Waals surface area contributed by atoms with E-state index < -0.39 is 78.9 Å². The average Bonchev–Trinajstić information content (AvgIpc) is 3.16. The van der Waals surface area contributed by atoms with Crippen molar-refractivity contribution in [2.45, 2.75) is 109 Å². The standard InChI is InChI=1S/C43H52F7N3O6Si/c1-27-21-33(44)15-16-34(27)35-25-41(51-38(55)58-26-29-13-11-10-12-14-29,18-17-36(37(54)57-7)59-60(8,9)40(3,4)5)19-20-53(35)39(56)52(6)28(2)30-22-31(42(45,46)47)24-32(23-30)43(48,49)50/h10-17,21-24,28,35H,18-20,25-26H2,1-9H3,(H,51,55)/b36-17-/t28-,35+,41-/m0/s1. The lowest BCUT2D eigenvalue weighted by Crippen LogP contribution is -2.58. The summed E-state index contributed by atoms with van der Waals surface area (Å²) in [6.45, 7) is 12.6. The van der Waals surface area contributed by atoms with Gasteiger partial charge in [-0.05, 0) is 110 Å². The highest BCUT2D eigenvalue weighted by Crippen LogP contribution is 2.44. The fourth-order valence-electron chi connectivity index (χ4n) is 6.71. The Hall–Kier alpha value is -5.06. The van der Waals surface area contributed by atoms with E-state index >= 15 is 0 Å². The molecule has 1 fully saturated rings. The zero-order valence-electron chi connectivity index (χ0n) is 35.1. The van der Waals surface area contributed by atoms with Crippen LogP contribution in [-0.2, 0) is 37.7 Å². The summed E-state index contributed by atoms with van der Waals surface area (Å²) in [6.07, 6.45) is -9.56. The smallest absolute Gasteiger partial charge is 0.416 e. The van der Waals surface area contributed by atoms with E-state index in [9.17, 15) is 45.1 Å². The zero-order valence-corrected chi connectivity index (χ0v) is 36.1. The number of likely N-dealkylation sites (tertiary alicyclic amines) is 1. The van der Waals surface area contributed by atoms with E-state index in [4.69, 9.17) is 13.9 Å². The van der Waals surface area contributed by atoms with Crippen LogP contribution in [0.2, 0.25) is 18.1 Å². The van der Waals surface area contributed by atoms with Gasteiger partial charge in [-0.25, -0.2) is 18.8 Å². The van der Waals surface area contributed by atoms with E-state index in [0.717, 1.165) is 4.90 Å². The molecule has 1 heterocycles. The summed E-state index contributed by atoms with van der Waals surface area (Å²) >= 11 is 0. The van der Waals surface area contributed by atoms with Gasteiger partial charge in [-0.15, -0.1) is 0 Å². The van der Waals surface area contributed by atoms with Crippen molar-refractivity contribution in [3.05, 3.63) is 118 Å². The number of halogens is 7. The number of carbonyl (C=O) groups excluding carboxylic acids is 3. The second-order valence-corrected chi connectivity index (χ2v) is 21.4. The van der Waals surface area contributed by atoms with Crippen LogP contribution in [0.1, 0.15) is 92.4 Å². The van der Waals surface area contributed by atoms with Crippen molar-refractivity contribution in [3.63, 3.8) is 0 Å². The number of nitrogens with one attached hydrogen (secondary N) is 1. The molecular formula is C43H52F7N3O6Si. The Morgan fingerprint density at radius 3 is 2.10 bits per heavy atom. The number of hydrogen-bond donors (Lipinski definition) is 1. The number of carbonyl (C=O) groups is 3. The number of urea groups is 1. The minimum absolute atomic E-state index is 0.0187. The molecule has 0 unspecified atom stereocenters. The molecule has 328 valence electrons. The van der Waals surface area contributed by atoms with Crippen molar-refractivity contribution >= 4 is 26.4 Å². The molecule has 1 aliphatic rings. The molecule has 4 rings (SSSR count). The lowest BCUT2D eigenvalue weighted by molar-refractivity contribution is -0.143. The number of ether oxygens (including phenoxy) is 2. The fraction of sp³-hybridized carbons (Fsp3) is 0.465. The van der Waals surface area contributed by atoms with Gasteiger partial charge in [-0.1, -0.05) is 57.2 Å². The molecule has 1 N–H and O–H groups in total. The SMILES string of the molecule is COC(=O)/C(=C/C[C@]1(NC(=O)OCc2ccccc2)CCN(C(=O)N(C)[C@@H](C)c2cc(C(F)(F)F)cc(C(F)(F)F)c2)[C@@H](c2ccc(F)cc2C)C1)O[Si](C)(C)C(C)(C)C. The lowest BCUT2D eigenvalue weighted by Gasteiger charge is -2.48. The van der Waals surface area contributed by atoms with E-state index in [1.165, 1.54) is 50.3 Å². The maximum atomic E-state index is 14.5. The van der Waals surface area contributed by atoms with E-state index in [2.05, 4.69) is 5.32 Å². The molecule has 3 aromatic rings. The monoisotopic (exact) mass is 867 g/mol. The predicted molar refractivity (Wildman–Crippen MR) is 213 cm³/mol. The number of aryl methyl sites for hydroxylation is 1. The minimum atomic E-state index is -5.10. The first-order valence-corrected chi connectivity index (χ1v) is 22.1. The Balaban J connectivity index is 1.80. The van der Waals surface area contributed by atoms with Gasteiger partial charge in [0.05, 0.1) is 35.9 Å². The molecule has 60 heavy (non-hydrogen) atoms. The van der Waals surface area contributed by atoms with Gasteiger partial charge in [0.2, 0.25) is 0 Å². The summed E-state index contributed by atoms with van der Waals surface area (Å²) in [5, 5.41) is 2.66. The van der Waals surface area contributed by atoms with Crippen LogP contribution in [0.15, 0.2) is 78.6 Å². The third-order valence-electron chi connectivity index (χ3n) is 11.4. The second kappa shape index (κ2) is 18.3. The Morgan fingerprint density at radius 1 is 0.967 bits per heavy atom. The van der Waals surface area contributed by atoms with E-state index in [1.54, 1.807) is 37.3 Å². The minimum Gasteiger partial charge on any atom is -0.539 e. The highest BCUT2D eigenvalue weighted by Gasteiger charge is 2.46. The van der Waals surface area contributed by atoms with Crippen LogP contribution in [0.3, 0.4) is 0 Å². The number of methoxy groups -OCH3 is 1. The third kappa shape index (κ3) is 11.6. The van der Waals surface area contributed by atoms with Gasteiger partial charge in [0.1, 0.15) is 12.4 Å². The first-order valence-electron chi connectivity index (χ1n) is 19.2. The maximum absolute atomic E-state index is 14.5. The molecule has 3 atom stereocenters. The van der Waals surface area contributed by atoms with E-state index in [0.29, 0.717) is 28.8 Å². The van der Waals surface area contributed by atoms with Gasteiger partial charge in [0.15, 0.2) is 5.76 Å². The molecule has 17 heteroatoms. The lowest BCUT2D eigenvalue weighted by atomic mass is 9.77. The molecule has 9 nitrogen and oxygen atoms in total. The average molecular weight is 868 g/mol. The number of alkyl halides is 6. The van der Waals surface area contributed by atoms with Gasteiger partial charge in [0, 0.05) is 13.6 Å². The van der Waals surface area contributed by atoms with Crippen LogP contribution in [-0.4, -0.2) is 62.5 Å². The van der Waals surface area contributed by atoms with E-state index in [-0.39, 0.29) is 49.3 Å². The Kier molecular flexibility index (Phi) is 14.5. The number of benzene rings is 3. The maximum Gasteiger partial charge on any atom is 0.416 e. The van der Waals surface area contributed by atoms with Crippen LogP contribution in [0.5, 0.6) is 0 Å². The molecule has 3 aromatic carbocycles. The molecule has 0 saturated carbocycles. The molecule has 0 bridgehead atoms. The molecule has 1 aliphatic heterocycles. The number of piperidine rings is 1. The van der Waals surface area contributed by atoms with Crippen LogP contribution < -0.4 is 5.32 Å². The molecule has 0 spiro atoms. The summed E-state index contributed by atoms with van der Waals surface area (Å²) in [5.74, 6) is -1.40. The fourth-order valence-corrected chi connectivity index (χ4v) is 7.74. The number of rotatable bonds is 11. The molecule has 3 amide bonds. The second-order valence-electron chi connectivity index (χ2n) is 16.7. The van der Waals surface area contributed by atoms with Gasteiger partial charge >= 0.3 is 30.4 Å². The number of alkyl carbamates (subject to hydrolysis) is 1. The number of esters is 1. The summed E-state index contributed by atoms with van der Waals surface area (Å²) in [6, 6.07) is 11.0. The summed E-state index contributed by atoms with van der Waals surface area (Å²) in [4.78, 5) is 43.7. The largest absolute Gasteiger partial charge is 0.539 e. The van der Waals surface area contributed by atoms with E-state index in [1.807, 2.05) is 33.9 Å². The number of hydrogen-bond acceptors (Lipinski definition) is 6. The Bertz CT molecular complexity index is 2020. The van der Waals surface area contributed by atoms with Crippen molar-refractivity contribution in [1.82, 2.24) is 15.1 Å². The van der Waals surface area contributed by atoms with Gasteiger partial charge in [0.25, 0.3) is 8.32 Å². The summed E-state index contributed by atoms with van der Waals surface area (Å²) in [7, 11) is -0.154. The van der Waals surface area contributed by atoms with Crippen LogP contribution in [0, 0.1) is 12.7 Å². The van der Waals surface area contributed by atoms with Gasteiger partial charge < -0.3 is 29.0 Å².